The van der Waals surface area contributed by atoms with Gasteiger partial charge in [-0.05, 0) is 24.6 Å². The van der Waals surface area contributed by atoms with Crippen molar-refractivity contribution in [2.24, 2.45) is 0 Å². The molecule has 9 heteroatoms. The average molecular weight is 431 g/mol. The third-order valence-electron chi connectivity index (χ3n) is 4.91. The van der Waals surface area contributed by atoms with E-state index < -0.39 is 22.0 Å². The van der Waals surface area contributed by atoms with Crippen molar-refractivity contribution in [3.8, 4) is 0 Å². The predicted molar refractivity (Wildman–Crippen MR) is 113 cm³/mol. The highest BCUT2D eigenvalue weighted by atomic mass is 32.2. The van der Waals surface area contributed by atoms with E-state index in [4.69, 9.17) is 0 Å². The molecule has 2 N–H and O–H groups in total. The van der Waals surface area contributed by atoms with Crippen LogP contribution < -0.4 is 10.6 Å². The number of nitrogens with zero attached hydrogens (tertiary/aromatic N) is 2. The molecule has 0 spiro atoms. The maximum atomic E-state index is 12.7. The van der Waals surface area contributed by atoms with Crippen molar-refractivity contribution in [3.63, 3.8) is 0 Å². The highest BCUT2D eigenvalue weighted by Crippen LogP contribution is 2.18. The lowest BCUT2D eigenvalue weighted by molar-refractivity contribution is -0.121. The molecule has 2 aromatic carbocycles. The van der Waals surface area contributed by atoms with Gasteiger partial charge in [-0.25, -0.2) is 13.2 Å². The summed E-state index contributed by atoms with van der Waals surface area (Å²) in [5.41, 5.74) is 1.93. The summed E-state index contributed by atoms with van der Waals surface area (Å²) >= 11 is 0. The van der Waals surface area contributed by atoms with Crippen molar-refractivity contribution < 1.29 is 18.0 Å². The van der Waals surface area contributed by atoms with Gasteiger partial charge in [-0.15, -0.1) is 0 Å². The van der Waals surface area contributed by atoms with Crippen molar-refractivity contribution >= 4 is 22.0 Å². The maximum absolute atomic E-state index is 12.7. The normalized spacial score (nSPS) is 15.5. The molecule has 8 nitrogen and oxygen atoms in total. The van der Waals surface area contributed by atoms with Crippen LogP contribution in [0.4, 0.5) is 4.79 Å². The molecule has 1 heterocycles. The van der Waals surface area contributed by atoms with Crippen molar-refractivity contribution in [3.05, 3.63) is 65.7 Å². The minimum Gasteiger partial charge on any atom is -0.334 e. The molecule has 160 valence electrons. The molecular weight excluding hydrogens is 404 g/mol. The fourth-order valence-corrected chi connectivity index (χ4v) is 4.60. The van der Waals surface area contributed by atoms with E-state index in [9.17, 15) is 18.0 Å². The van der Waals surface area contributed by atoms with Gasteiger partial charge in [-0.2, -0.15) is 4.31 Å². The number of benzene rings is 2. The van der Waals surface area contributed by atoms with Crippen molar-refractivity contribution in [1.29, 1.82) is 0 Å². The van der Waals surface area contributed by atoms with Crippen LogP contribution in [0.2, 0.25) is 0 Å². The van der Waals surface area contributed by atoms with E-state index in [0.717, 1.165) is 11.1 Å². The summed E-state index contributed by atoms with van der Waals surface area (Å²) in [5, 5.41) is 4.95. The monoisotopic (exact) mass is 430 g/mol. The zero-order chi connectivity index (χ0) is 21.6. The molecule has 0 atom stereocenters. The second-order valence-electron chi connectivity index (χ2n) is 7.21. The van der Waals surface area contributed by atoms with Crippen molar-refractivity contribution in [2.75, 3.05) is 32.7 Å². The Morgan fingerprint density at radius 2 is 1.57 bits per heavy atom. The van der Waals surface area contributed by atoms with Gasteiger partial charge < -0.3 is 5.32 Å². The average Bonchev–Trinajstić information content (AvgIpc) is 2.73. The predicted octanol–water partition coefficient (Wildman–Crippen LogP) is 1.33. The summed E-state index contributed by atoms with van der Waals surface area (Å²) in [6.07, 6.45) is 0. The fraction of sp³-hybridized carbons (Fsp3) is 0.333. The number of imide groups is 1. The van der Waals surface area contributed by atoms with Crippen LogP contribution in [0.5, 0.6) is 0 Å². The lowest BCUT2D eigenvalue weighted by Gasteiger charge is -2.33. The number of nitrogens with one attached hydrogen (secondary N) is 2. The Morgan fingerprint density at radius 3 is 2.20 bits per heavy atom. The van der Waals surface area contributed by atoms with E-state index >= 15 is 0 Å². The Morgan fingerprint density at radius 1 is 0.933 bits per heavy atom. The smallest absolute Gasteiger partial charge is 0.321 e. The zero-order valence-electron chi connectivity index (χ0n) is 16.9. The largest absolute Gasteiger partial charge is 0.334 e. The van der Waals surface area contributed by atoms with Gasteiger partial charge in [0.25, 0.3) is 0 Å². The molecule has 0 unspecified atom stereocenters. The first-order chi connectivity index (χ1) is 14.3. The Labute approximate surface area is 176 Å². The standard InChI is InChI=1S/C21H26N4O4S/c1-17-7-9-19(10-8-17)30(28,29)25-13-11-24(12-14-25)16-20(26)23-21(27)22-15-18-5-3-2-4-6-18/h2-10H,11-16H2,1H3,(H2,22,23,26,27). The number of carbonyl (C=O) groups excluding carboxylic acids is 2. The van der Waals surface area contributed by atoms with Crippen LogP contribution in [0.25, 0.3) is 0 Å². The summed E-state index contributed by atoms with van der Waals surface area (Å²) in [7, 11) is -3.54. The van der Waals surface area contributed by atoms with Gasteiger partial charge >= 0.3 is 6.03 Å². The summed E-state index contributed by atoms with van der Waals surface area (Å²) < 4.78 is 26.9. The van der Waals surface area contributed by atoms with Gasteiger partial charge in [0.1, 0.15) is 0 Å². The highest BCUT2D eigenvalue weighted by Gasteiger charge is 2.29. The van der Waals surface area contributed by atoms with Crippen LogP contribution in [-0.2, 0) is 21.4 Å². The van der Waals surface area contributed by atoms with Crippen LogP contribution in [-0.4, -0.2) is 62.3 Å². The first-order valence-corrected chi connectivity index (χ1v) is 11.2. The SMILES string of the molecule is Cc1ccc(S(=O)(=O)N2CCN(CC(=O)NC(=O)NCc3ccccc3)CC2)cc1. The van der Waals surface area contributed by atoms with E-state index in [-0.39, 0.29) is 11.4 Å². The number of amides is 3. The molecule has 1 saturated heterocycles. The summed E-state index contributed by atoms with van der Waals surface area (Å²) in [6.45, 7) is 3.70. The number of hydrogen-bond donors (Lipinski definition) is 2. The van der Waals surface area contributed by atoms with Crippen LogP contribution >= 0.6 is 0 Å². The first-order valence-electron chi connectivity index (χ1n) is 9.75. The molecule has 0 saturated carbocycles. The molecule has 2 aromatic rings. The molecule has 30 heavy (non-hydrogen) atoms. The molecule has 1 aliphatic heterocycles. The quantitative estimate of drug-likeness (QED) is 0.720. The van der Waals surface area contributed by atoms with E-state index in [1.807, 2.05) is 42.2 Å². The Balaban J connectivity index is 1.43. The van der Waals surface area contributed by atoms with Gasteiger partial charge in [0.2, 0.25) is 15.9 Å². The molecule has 0 bridgehead atoms. The number of aryl methyl sites for hydroxylation is 1. The number of piperazine rings is 1. The number of urea groups is 1. The van der Waals surface area contributed by atoms with Crippen molar-refractivity contribution in [1.82, 2.24) is 19.8 Å². The molecule has 3 rings (SSSR count). The molecule has 1 aliphatic rings. The Bertz CT molecular complexity index is 970. The molecule has 0 aromatic heterocycles. The Kier molecular flexibility index (Phi) is 7.20. The molecular formula is C21H26N4O4S. The van der Waals surface area contributed by atoms with Crippen LogP contribution in [0.3, 0.4) is 0 Å². The number of sulfonamides is 1. The minimum atomic E-state index is -3.54. The number of rotatable bonds is 6. The van der Waals surface area contributed by atoms with E-state index in [1.54, 1.807) is 24.3 Å². The van der Waals surface area contributed by atoms with Gasteiger partial charge in [-0.3, -0.25) is 15.0 Å². The second-order valence-corrected chi connectivity index (χ2v) is 9.15. The van der Waals surface area contributed by atoms with E-state index in [2.05, 4.69) is 10.6 Å². The van der Waals surface area contributed by atoms with Gasteiger partial charge in [0.05, 0.1) is 11.4 Å². The van der Waals surface area contributed by atoms with Crippen LogP contribution in [0.15, 0.2) is 59.5 Å². The summed E-state index contributed by atoms with van der Waals surface area (Å²) in [4.78, 5) is 26.1. The lowest BCUT2D eigenvalue weighted by atomic mass is 10.2. The van der Waals surface area contributed by atoms with Crippen molar-refractivity contribution in [2.45, 2.75) is 18.4 Å². The third-order valence-corrected chi connectivity index (χ3v) is 6.82. The number of hydrogen-bond acceptors (Lipinski definition) is 5. The van der Waals surface area contributed by atoms with E-state index in [0.29, 0.717) is 32.7 Å². The third kappa shape index (κ3) is 5.88. The van der Waals surface area contributed by atoms with E-state index in [1.165, 1.54) is 4.31 Å². The minimum absolute atomic E-state index is 0.0389. The van der Waals surface area contributed by atoms with Gasteiger partial charge in [0.15, 0.2) is 0 Å². The summed E-state index contributed by atoms with van der Waals surface area (Å²) in [5.74, 6) is -0.421. The molecule has 3 amide bonds. The molecule has 0 aliphatic carbocycles. The topological polar surface area (TPSA) is 98.8 Å². The van der Waals surface area contributed by atoms with Crippen LogP contribution in [0.1, 0.15) is 11.1 Å². The Hall–Kier alpha value is -2.75. The maximum Gasteiger partial charge on any atom is 0.321 e. The second kappa shape index (κ2) is 9.84. The van der Waals surface area contributed by atoms with Gasteiger partial charge in [-0.1, -0.05) is 48.0 Å². The number of carbonyl (C=O) groups is 2. The highest BCUT2D eigenvalue weighted by molar-refractivity contribution is 7.89. The zero-order valence-corrected chi connectivity index (χ0v) is 17.7. The van der Waals surface area contributed by atoms with Crippen LogP contribution in [0, 0.1) is 6.92 Å². The fourth-order valence-electron chi connectivity index (χ4n) is 3.18. The van der Waals surface area contributed by atoms with Gasteiger partial charge in [0, 0.05) is 32.7 Å². The lowest BCUT2D eigenvalue weighted by Crippen LogP contribution is -2.52. The molecule has 1 fully saturated rings. The summed E-state index contributed by atoms with van der Waals surface area (Å²) in [6, 6.07) is 15.6. The molecule has 0 radical (unpaired) electrons. The first kappa shape index (κ1) is 21.9.